The van der Waals surface area contributed by atoms with Crippen LogP contribution in [0.25, 0.3) is 0 Å². The number of hydrogen-bond donors (Lipinski definition) is 2. The lowest BCUT2D eigenvalue weighted by Crippen LogP contribution is -2.45. The quantitative estimate of drug-likeness (QED) is 0.867. The van der Waals surface area contributed by atoms with Crippen LogP contribution in [0.4, 0.5) is 5.82 Å². The molecule has 2 atom stereocenters. The number of hydrogen-bond acceptors (Lipinski definition) is 4. The lowest BCUT2D eigenvalue weighted by Gasteiger charge is -2.38. The SMILES string of the molecule is O=C(O)c1nc(N2C3CCC2CC(O)C3)ccc1Cl. The van der Waals surface area contributed by atoms with Crippen molar-refractivity contribution in [3.05, 3.63) is 22.8 Å². The van der Waals surface area contributed by atoms with Crippen LogP contribution < -0.4 is 4.90 Å². The highest BCUT2D eigenvalue weighted by atomic mass is 35.5. The van der Waals surface area contributed by atoms with Gasteiger partial charge in [-0.1, -0.05) is 11.6 Å². The molecule has 2 N–H and O–H groups in total. The third-order valence-electron chi connectivity index (χ3n) is 4.01. The Morgan fingerprint density at radius 1 is 1.32 bits per heavy atom. The Balaban J connectivity index is 1.95. The highest BCUT2D eigenvalue weighted by molar-refractivity contribution is 6.33. The minimum atomic E-state index is -1.11. The molecule has 3 rings (SSSR count). The van der Waals surface area contributed by atoms with Gasteiger partial charge in [0.1, 0.15) is 5.82 Å². The van der Waals surface area contributed by atoms with Gasteiger partial charge in [-0.2, -0.15) is 0 Å². The minimum absolute atomic E-state index is 0.107. The van der Waals surface area contributed by atoms with Crippen LogP contribution in [-0.2, 0) is 0 Å². The molecule has 0 amide bonds. The molecular weight excluding hydrogens is 268 g/mol. The zero-order valence-corrected chi connectivity index (χ0v) is 11.0. The zero-order valence-electron chi connectivity index (χ0n) is 10.3. The van der Waals surface area contributed by atoms with Crippen LogP contribution in [0.3, 0.4) is 0 Å². The molecule has 2 aliphatic rings. The monoisotopic (exact) mass is 282 g/mol. The summed E-state index contributed by atoms with van der Waals surface area (Å²) in [4.78, 5) is 17.4. The predicted octanol–water partition coefficient (Wildman–Crippen LogP) is 1.93. The van der Waals surface area contributed by atoms with Gasteiger partial charge in [0.15, 0.2) is 5.69 Å². The van der Waals surface area contributed by atoms with Crippen molar-refractivity contribution in [3.63, 3.8) is 0 Å². The van der Waals surface area contributed by atoms with E-state index < -0.39 is 5.97 Å². The van der Waals surface area contributed by atoms with Crippen LogP contribution in [0.15, 0.2) is 12.1 Å². The second-order valence-electron chi connectivity index (χ2n) is 5.22. The van der Waals surface area contributed by atoms with Crippen LogP contribution in [0, 0.1) is 0 Å². The molecule has 0 aliphatic carbocycles. The lowest BCUT2D eigenvalue weighted by molar-refractivity contribution is 0.0690. The summed E-state index contributed by atoms with van der Waals surface area (Å²) in [6.45, 7) is 0. The van der Waals surface area contributed by atoms with E-state index in [1.54, 1.807) is 12.1 Å². The van der Waals surface area contributed by atoms with E-state index in [1.807, 2.05) is 0 Å². The molecule has 2 fully saturated rings. The highest BCUT2D eigenvalue weighted by Crippen LogP contribution is 2.39. The number of nitrogens with zero attached hydrogens (tertiary/aromatic N) is 2. The third kappa shape index (κ3) is 2.17. The first kappa shape index (κ1) is 12.7. The van der Waals surface area contributed by atoms with Crippen molar-refractivity contribution in [2.45, 2.75) is 43.9 Å². The first-order valence-corrected chi connectivity index (χ1v) is 6.80. The van der Waals surface area contributed by atoms with Crippen LogP contribution >= 0.6 is 11.6 Å². The Labute approximate surface area is 115 Å². The summed E-state index contributed by atoms with van der Waals surface area (Å²) in [6.07, 6.45) is 3.25. The van der Waals surface area contributed by atoms with E-state index in [0.29, 0.717) is 5.82 Å². The number of rotatable bonds is 2. The van der Waals surface area contributed by atoms with E-state index in [2.05, 4.69) is 9.88 Å². The van der Waals surface area contributed by atoms with Crippen molar-refractivity contribution in [1.82, 2.24) is 4.98 Å². The molecule has 19 heavy (non-hydrogen) atoms. The number of carbonyl (C=O) groups is 1. The van der Waals surface area contributed by atoms with E-state index in [1.165, 1.54) is 0 Å². The molecule has 0 spiro atoms. The van der Waals surface area contributed by atoms with Gasteiger partial charge in [-0.15, -0.1) is 0 Å². The van der Waals surface area contributed by atoms with Gasteiger partial charge in [0, 0.05) is 12.1 Å². The van der Waals surface area contributed by atoms with Crippen molar-refractivity contribution >= 4 is 23.4 Å². The number of carboxylic acid groups (broad SMARTS) is 1. The van der Waals surface area contributed by atoms with Crippen LogP contribution in [0.2, 0.25) is 5.02 Å². The first-order valence-electron chi connectivity index (χ1n) is 6.42. The molecular formula is C13H15ClN2O3. The molecule has 2 saturated heterocycles. The molecule has 6 heteroatoms. The third-order valence-corrected chi connectivity index (χ3v) is 4.31. The molecule has 2 unspecified atom stereocenters. The fourth-order valence-electron chi connectivity index (χ4n) is 3.25. The molecule has 0 radical (unpaired) electrons. The van der Waals surface area contributed by atoms with Gasteiger partial charge in [-0.3, -0.25) is 0 Å². The van der Waals surface area contributed by atoms with E-state index >= 15 is 0 Å². The maximum absolute atomic E-state index is 11.1. The molecule has 102 valence electrons. The molecule has 0 aromatic carbocycles. The van der Waals surface area contributed by atoms with Gasteiger partial charge in [0.05, 0.1) is 11.1 Å². The average molecular weight is 283 g/mol. The number of anilines is 1. The number of pyridine rings is 1. The summed E-state index contributed by atoms with van der Waals surface area (Å²) >= 11 is 5.84. The zero-order chi connectivity index (χ0) is 13.6. The highest BCUT2D eigenvalue weighted by Gasteiger charge is 2.41. The summed E-state index contributed by atoms with van der Waals surface area (Å²) < 4.78 is 0. The fraction of sp³-hybridized carbons (Fsp3) is 0.538. The molecule has 2 aliphatic heterocycles. The normalized spacial score (nSPS) is 29.6. The second-order valence-corrected chi connectivity index (χ2v) is 5.63. The number of fused-ring (bicyclic) bond motifs is 2. The number of aliphatic hydroxyl groups is 1. The molecule has 5 nitrogen and oxygen atoms in total. The van der Waals surface area contributed by atoms with Crippen LogP contribution in [0.1, 0.15) is 36.2 Å². The maximum Gasteiger partial charge on any atom is 0.356 e. The van der Waals surface area contributed by atoms with Crippen molar-refractivity contribution in [3.8, 4) is 0 Å². The van der Waals surface area contributed by atoms with Crippen LogP contribution in [-0.4, -0.2) is 39.4 Å². The topological polar surface area (TPSA) is 73.7 Å². The minimum Gasteiger partial charge on any atom is -0.476 e. The number of carboxylic acids is 1. The van der Waals surface area contributed by atoms with Gasteiger partial charge in [-0.05, 0) is 37.8 Å². The number of halogens is 1. The summed E-state index contributed by atoms with van der Waals surface area (Å²) in [5.74, 6) is -0.461. The molecule has 1 aromatic heterocycles. The lowest BCUT2D eigenvalue weighted by atomic mass is 10.00. The molecule has 2 bridgehead atoms. The Kier molecular flexibility index (Phi) is 3.11. The van der Waals surface area contributed by atoms with Gasteiger partial charge in [0.2, 0.25) is 0 Å². The van der Waals surface area contributed by atoms with Crippen molar-refractivity contribution in [2.24, 2.45) is 0 Å². The maximum atomic E-state index is 11.1. The first-order chi connectivity index (χ1) is 9.06. The largest absolute Gasteiger partial charge is 0.476 e. The smallest absolute Gasteiger partial charge is 0.356 e. The number of aliphatic hydroxyl groups excluding tert-OH is 1. The van der Waals surface area contributed by atoms with Crippen LogP contribution in [0.5, 0.6) is 0 Å². The molecule has 1 aromatic rings. The summed E-state index contributed by atoms with van der Waals surface area (Å²) in [7, 11) is 0. The van der Waals surface area contributed by atoms with Gasteiger partial charge in [0.25, 0.3) is 0 Å². The summed E-state index contributed by atoms with van der Waals surface area (Å²) in [6, 6.07) is 3.85. The Bertz CT molecular complexity index is 509. The number of aromatic carboxylic acids is 1. The average Bonchev–Trinajstić information content (AvgIpc) is 2.63. The van der Waals surface area contributed by atoms with Gasteiger partial charge in [-0.25, -0.2) is 9.78 Å². The van der Waals surface area contributed by atoms with Gasteiger partial charge < -0.3 is 15.1 Å². The Morgan fingerprint density at radius 2 is 1.95 bits per heavy atom. The predicted molar refractivity (Wildman–Crippen MR) is 70.7 cm³/mol. The van der Waals surface area contributed by atoms with E-state index in [9.17, 15) is 9.90 Å². The standard InChI is InChI=1S/C13H15ClN2O3/c14-10-3-4-11(15-12(10)13(18)19)16-7-1-2-8(16)6-9(17)5-7/h3-4,7-9,17H,1-2,5-6H2,(H,18,19). The molecule has 0 saturated carbocycles. The van der Waals surface area contributed by atoms with Crippen molar-refractivity contribution in [1.29, 1.82) is 0 Å². The van der Waals surface area contributed by atoms with E-state index in [4.69, 9.17) is 16.7 Å². The fourth-order valence-corrected chi connectivity index (χ4v) is 3.43. The number of piperidine rings is 1. The van der Waals surface area contributed by atoms with E-state index in [-0.39, 0.29) is 28.9 Å². The Hall–Kier alpha value is -1.33. The van der Waals surface area contributed by atoms with Gasteiger partial charge >= 0.3 is 5.97 Å². The Morgan fingerprint density at radius 3 is 2.53 bits per heavy atom. The van der Waals surface area contributed by atoms with Crippen molar-refractivity contribution in [2.75, 3.05) is 4.90 Å². The summed E-state index contributed by atoms with van der Waals surface area (Å²) in [5.41, 5.74) is -0.107. The molecule has 3 heterocycles. The second kappa shape index (κ2) is 4.65. The van der Waals surface area contributed by atoms with Crippen molar-refractivity contribution < 1.29 is 15.0 Å². The number of aromatic nitrogens is 1. The summed E-state index contributed by atoms with van der Waals surface area (Å²) in [5, 5.41) is 19.0. The van der Waals surface area contributed by atoms with E-state index in [0.717, 1.165) is 25.7 Å².